The lowest BCUT2D eigenvalue weighted by Gasteiger charge is -2.23. The summed E-state index contributed by atoms with van der Waals surface area (Å²) in [6.07, 6.45) is 6.98. The lowest BCUT2D eigenvalue weighted by Crippen LogP contribution is -2.25. The van der Waals surface area contributed by atoms with Crippen LogP contribution in [0.2, 0.25) is 0 Å². The number of fused-ring (bicyclic) bond motifs is 1. The second kappa shape index (κ2) is 12.5. The van der Waals surface area contributed by atoms with Gasteiger partial charge in [0.2, 0.25) is 0 Å². The number of amides is 1. The van der Waals surface area contributed by atoms with Crippen molar-refractivity contribution in [1.29, 1.82) is 0 Å². The van der Waals surface area contributed by atoms with Crippen molar-refractivity contribution >= 4 is 50.3 Å². The van der Waals surface area contributed by atoms with Crippen LogP contribution >= 0.6 is 15.9 Å². The van der Waals surface area contributed by atoms with Crippen LogP contribution in [-0.2, 0) is 4.79 Å². The Morgan fingerprint density at radius 2 is 1.88 bits per heavy atom. The lowest BCUT2D eigenvalue weighted by molar-refractivity contribution is -0.118. The molecule has 0 spiro atoms. The molecule has 4 aromatic rings. The number of hydrogen-bond acceptors (Lipinski definition) is 6. The first-order valence-electron chi connectivity index (χ1n) is 13.4. The summed E-state index contributed by atoms with van der Waals surface area (Å²) in [5.74, 6) is 1.07. The van der Waals surface area contributed by atoms with Gasteiger partial charge in [-0.25, -0.2) is 4.98 Å². The number of benzene rings is 3. The van der Waals surface area contributed by atoms with Crippen LogP contribution in [0.3, 0.4) is 0 Å². The van der Waals surface area contributed by atoms with Crippen LogP contribution in [0, 0.1) is 0 Å². The van der Waals surface area contributed by atoms with E-state index in [1.807, 2.05) is 79.7 Å². The third kappa shape index (κ3) is 6.42. The quantitative estimate of drug-likeness (QED) is 0.244. The summed E-state index contributed by atoms with van der Waals surface area (Å²) in [5.41, 5.74) is 2.72. The second-order valence-corrected chi connectivity index (χ2v) is 11.1. The zero-order valence-electron chi connectivity index (χ0n) is 22.6. The van der Waals surface area contributed by atoms with Gasteiger partial charge < -0.3 is 15.0 Å². The number of rotatable bonds is 8. The topological polar surface area (TPSA) is 88.8 Å². The van der Waals surface area contributed by atoms with E-state index in [4.69, 9.17) is 9.72 Å². The Morgan fingerprint density at radius 1 is 1.10 bits per heavy atom. The van der Waals surface area contributed by atoms with Gasteiger partial charge in [0.15, 0.2) is 6.61 Å². The summed E-state index contributed by atoms with van der Waals surface area (Å²) < 4.78 is 8.22. The van der Waals surface area contributed by atoms with Crippen LogP contribution in [0.4, 0.5) is 11.4 Å². The van der Waals surface area contributed by atoms with Gasteiger partial charge >= 0.3 is 0 Å². The van der Waals surface area contributed by atoms with E-state index >= 15 is 0 Å². The van der Waals surface area contributed by atoms with Crippen LogP contribution in [-0.4, -0.2) is 42.5 Å². The highest BCUT2D eigenvalue weighted by Gasteiger charge is 2.22. The van der Waals surface area contributed by atoms with E-state index in [1.54, 1.807) is 12.3 Å². The van der Waals surface area contributed by atoms with Crippen molar-refractivity contribution in [2.75, 3.05) is 30.9 Å². The van der Waals surface area contributed by atoms with Gasteiger partial charge in [0.1, 0.15) is 11.6 Å². The minimum atomic E-state index is -0.274. The van der Waals surface area contributed by atoms with E-state index in [0.717, 1.165) is 35.8 Å². The molecule has 3 aromatic carbocycles. The predicted octanol–water partition coefficient (Wildman–Crippen LogP) is 6.17. The molecular formula is C31H32BrN5O3. The third-order valence-corrected chi connectivity index (χ3v) is 7.54. The van der Waals surface area contributed by atoms with Crippen molar-refractivity contribution in [3.8, 4) is 5.75 Å². The van der Waals surface area contributed by atoms with Gasteiger partial charge in [0, 0.05) is 47.5 Å². The number of para-hydroxylation sites is 1. The number of nitrogens with one attached hydrogen (secondary N) is 1. The fourth-order valence-electron chi connectivity index (χ4n) is 4.92. The van der Waals surface area contributed by atoms with Crippen molar-refractivity contribution in [3.63, 3.8) is 0 Å². The van der Waals surface area contributed by atoms with Crippen LogP contribution in [0.25, 0.3) is 10.9 Å². The van der Waals surface area contributed by atoms with E-state index in [0.29, 0.717) is 33.7 Å². The van der Waals surface area contributed by atoms with Crippen molar-refractivity contribution in [2.45, 2.75) is 38.0 Å². The Hall–Kier alpha value is -3.98. The van der Waals surface area contributed by atoms with Crippen molar-refractivity contribution in [1.82, 2.24) is 9.66 Å². The fraction of sp³-hybridized carbons (Fsp3) is 0.290. The Kier molecular flexibility index (Phi) is 8.60. The van der Waals surface area contributed by atoms with E-state index in [9.17, 15) is 9.59 Å². The van der Waals surface area contributed by atoms with Gasteiger partial charge in [-0.15, -0.1) is 0 Å². The van der Waals surface area contributed by atoms with Crippen LogP contribution in [0.5, 0.6) is 5.75 Å². The molecule has 1 aliphatic carbocycles. The van der Waals surface area contributed by atoms with Gasteiger partial charge in [0.25, 0.3) is 11.5 Å². The average Bonchev–Trinajstić information content (AvgIpc) is 2.97. The summed E-state index contributed by atoms with van der Waals surface area (Å²) in [7, 11) is 3.87. The summed E-state index contributed by atoms with van der Waals surface area (Å²) >= 11 is 3.47. The highest BCUT2D eigenvalue weighted by Crippen LogP contribution is 2.32. The number of nitrogens with zero attached hydrogens (tertiary/aromatic N) is 4. The van der Waals surface area contributed by atoms with Crippen LogP contribution in [0.1, 0.15) is 49.4 Å². The van der Waals surface area contributed by atoms with Gasteiger partial charge in [-0.2, -0.15) is 9.78 Å². The minimum Gasteiger partial charge on any atom is -0.483 e. The molecule has 1 fully saturated rings. The maximum absolute atomic E-state index is 13.7. The molecule has 0 atom stereocenters. The van der Waals surface area contributed by atoms with E-state index in [1.165, 1.54) is 11.1 Å². The number of anilines is 2. The van der Waals surface area contributed by atoms with Gasteiger partial charge in [-0.05, 0) is 55.3 Å². The molecule has 8 nitrogen and oxygen atoms in total. The van der Waals surface area contributed by atoms with Crippen molar-refractivity contribution < 1.29 is 9.53 Å². The normalized spacial score (nSPS) is 14.0. The highest BCUT2D eigenvalue weighted by molar-refractivity contribution is 9.10. The summed E-state index contributed by atoms with van der Waals surface area (Å²) in [5, 5.41) is 8.01. The molecule has 1 amide bonds. The number of aromatic nitrogens is 2. The Balaban J connectivity index is 1.49. The molecule has 1 aromatic heterocycles. The highest BCUT2D eigenvalue weighted by atomic mass is 79.9. The SMILES string of the molecule is CN(C)c1ccc(C=Nn2c(C3CCCCC3)nc3ccc(Br)cc3c2=O)c(OCC(=O)Nc2ccccc2)c1. The summed E-state index contributed by atoms with van der Waals surface area (Å²) in [6.45, 7) is -0.175. The summed E-state index contributed by atoms with van der Waals surface area (Å²) in [6, 6.07) is 20.5. The largest absolute Gasteiger partial charge is 0.483 e. The van der Waals surface area contributed by atoms with Crippen molar-refractivity contribution in [2.24, 2.45) is 5.10 Å². The standard InChI is InChI=1S/C31H32BrN5O3/c1-36(2)25-15-13-22(28(18-25)40-20-29(38)34-24-11-7-4-8-12-24)19-33-37-30(21-9-5-3-6-10-21)35-27-16-14-23(32)17-26(27)31(37)39/h4,7-8,11-19,21H,3,5-6,9-10,20H2,1-2H3,(H,34,38). The molecule has 9 heteroatoms. The van der Waals surface area contributed by atoms with Crippen molar-refractivity contribution in [3.05, 3.63) is 92.9 Å². The zero-order valence-corrected chi connectivity index (χ0v) is 24.2. The predicted molar refractivity (Wildman–Crippen MR) is 164 cm³/mol. The second-order valence-electron chi connectivity index (χ2n) is 10.1. The molecule has 0 radical (unpaired) electrons. The maximum Gasteiger partial charge on any atom is 0.282 e. The molecule has 0 saturated heterocycles. The molecular weight excluding hydrogens is 570 g/mol. The molecule has 206 valence electrons. The maximum atomic E-state index is 13.7. The number of halogens is 1. The number of carbonyl (C=O) groups is 1. The first-order valence-corrected chi connectivity index (χ1v) is 14.2. The molecule has 0 unspecified atom stereocenters. The number of carbonyl (C=O) groups excluding carboxylic acids is 1. The average molecular weight is 603 g/mol. The Labute approximate surface area is 241 Å². The molecule has 1 saturated carbocycles. The molecule has 1 heterocycles. The zero-order chi connectivity index (χ0) is 28.1. The van der Waals surface area contributed by atoms with Gasteiger partial charge in [-0.1, -0.05) is 53.4 Å². The number of hydrogen-bond donors (Lipinski definition) is 1. The van der Waals surface area contributed by atoms with Crippen LogP contribution < -0.4 is 20.5 Å². The van der Waals surface area contributed by atoms with E-state index < -0.39 is 0 Å². The molecule has 1 N–H and O–H groups in total. The summed E-state index contributed by atoms with van der Waals surface area (Å²) in [4.78, 5) is 33.1. The minimum absolute atomic E-state index is 0.167. The number of ether oxygens (including phenoxy) is 1. The van der Waals surface area contributed by atoms with Gasteiger partial charge in [0.05, 0.1) is 17.1 Å². The van der Waals surface area contributed by atoms with Crippen LogP contribution in [0.15, 0.2) is 81.1 Å². The Bertz CT molecular complexity index is 1590. The molecule has 40 heavy (non-hydrogen) atoms. The Morgan fingerprint density at radius 3 is 2.62 bits per heavy atom. The molecule has 0 bridgehead atoms. The lowest BCUT2D eigenvalue weighted by atomic mass is 9.88. The van der Waals surface area contributed by atoms with E-state index in [2.05, 4.69) is 26.3 Å². The molecule has 1 aliphatic rings. The van der Waals surface area contributed by atoms with E-state index in [-0.39, 0.29) is 24.0 Å². The first kappa shape index (κ1) is 27.6. The fourth-order valence-corrected chi connectivity index (χ4v) is 5.28. The molecule has 0 aliphatic heterocycles. The third-order valence-electron chi connectivity index (χ3n) is 7.05. The first-order chi connectivity index (χ1) is 19.4. The monoisotopic (exact) mass is 601 g/mol. The molecule has 5 rings (SSSR count). The smallest absolute Gasteiger partial charge is 0.282 e. The van der Waals surface area contributed by atoms with Gasteiger partial charge in [-0.3, -0.25) is 9.59 Å².